The first-order valence-electron chi connectivity index (χ1n) is 7.43. The van der Waals surface area contributed by atoms with E-state index in [1.54, 1.807) is 19.4 Å². The van der Waals surface area contributed by atoms with Crippen molar-refractivity contribution >= 4 is 5.91 Å². The largest absolute Gasteiger partial charge is 0.349 e. The summed E-state index contributed by atoms with van der Waals surface area (Å²) in [5, 5.41) is 2.76. The van der Waals surface area contributed by atoms with Crippen LogP contribution in [0.5, 0.6) is 0 Å². The molecule has 0 fully saturated rings. The van der Waals surface area contributed by atoms with Crippen molar-refractivity contribution in [3.63, 3.8) is 0 Å². The summed E-state index contributed by atoms with van der Waals surface area (Å²) in [6.45, 7) is 6.80. The van der Waals surface area contributed by atoms with Gasteiger partial charge in [0.1, 0.15) is 6.54 Å². The Balaban J connectivity index is 1.99. The first-order chi connectivity index (χ1) is 10.9. The molecule has 0 aliphatic rings. The van der Waals surface area contributed by atoms with E-state index in [9.17, 15) is 14.4 Å². The van der Waals surface area contributed by atoms with E-state index in [0.717, 1.165) is 12.2 Å². The minimum absolute atomic E-state index is 0.144. The molecular formula is C15H21N5O3. The Morgan fingerprint density at radius 1 is 1.35 bits per heavy atom. The molecule has 2 rings (SSSR count). The molecule has 2 heterocycles. The van der Waals surface area contributed by atoms with Gasteiger partial charge in [-0.05, 0) is 12.8 Å². The molecule has 0 saturated carbocycles. The van der Waals surface area contributed by atoms with Crippen LogP contribution in [0.4, 0.5) is 0 Å². The molecule has 2 aromatic rings. The van der Waals surface area contributed by atoms with Crippen molar-refractivity contribution < 1.29 is 4.79 Å². The van der Waals surface area contributed by atoms with Gasteiger partial charge in [-0.2, -0.15) is 0 Å². The third-order valence-electron chi connectivity index (χ3n) is 3.33. The smallest absolute Gasteiger partial charge is 0.328 e. The molecule has 23 heavy (non-hydrogen) atoms. The topological polar surface area (TPSA) is 102 Å². The standard InChI is InChI=1S/C15H21N5O3/c1-10(2)6-20-9-16-4-12(20)5-17-13(21)8-19-7-11(3)14(22)18-15(19)23/h4,7,9-10H,5-6,8H2,1-3H3,(H,17,21)(H,18,22,23). The third kappa shape index (κ3) is 4.41. The van der Waals surface area contributed by atoms with E-state index in [2.05, 4.69) is 29.1 Å². The highest BCUT2D eigenvalue weighted by Crippen LogP contribution is 2.04. The van der Waals surface area contributed by atoms with Gasteiger partial charge in [-0.3, -0.25) is 19.1 Å². The van der Waals surface area contributed by atoms with Gasteiger partial charge < -0.3 is 9.88 Å². The van der Waals surface area contributed by atoms with Crippen LogP contribution in [0.25, 0.3) is 0 Å². The highest BCUT2D eigenvalue weighted by molar-refractivity contribution is 5.75. The van der Waals surface area contributed by atoms with E-state index in [4.69, 9.17) is 0 Å². The number of aromatic amines is 1. The number of rotatable bonds is 6. The van der Waals surface area contributed by atoms with E-state index >= 15 is 0 Å². The Kier molecular flexibility index (Phi) is 5.15. The number of hydrogen-bond acceptors (Lipinski definition) is 4. The Bertz CT molecular complexity index is 800. The molecule has 0 aliphatic carbocycles. The first-order valence-corrected chi connectivity index (χ1v) is 7.43. The maximum absolute atomic E-state index is 12.0. The molecule has 0 spiro atoms. The minimum atomic E-state index is -0.597. The second kappa shape index (κ2) is 7.08. The van der Waals surface area contributed by atoms with Crippen LogP contribution < -0.4 is 16.6 Å². The number of nitrogens with one attached hydrogen (secondary N) is 2. The van der Waals surface area contributed by atoms with E-state index in [0.29, 0.717) is 18.0 Å². The summed E-state index contributed by atoms with van der Waals surface area (Å²) < 4.78 is 3.17. The van der Waals surface area contributed by atoms with Crippen LogP contribution in [0.1, 0.15) is 25.1 Å². The fourth-order valence-electron chi connectivity index (χ4n) is 2.19. The van der Waals surface area contributed by atoms with Crippen molar-refractivity contribution in [3.8, 4) is 0 Å². The van der Waals surface area contributed by atoms with Crippen molar-refractivity contribution in [3.05, 3.63) is 50.8 Å². The van der Waals surface area contributed by atoms with Crippen molar-refractivity contribution in [2.24, 2.45) is 5.92 Å². The SMILES string of the molecule is Cc1cn(CC(=O)NCc2cncn2CC(C)C)c(=O)[nH]c1=O. The molecule has 0 saturated heterocycles. The highest BCUT2D eigenvalue weighted by Gasteiger charge is 2.09. The van der Waals surface area contributed by atoms with Gasteiger partial charge >= 0.3 is 5.69 Å². The second-order valence-corrected chi connectivity index (χ2v) is 5.91. The molecule has 0 bridgehead atoms. The van der Waals surface area contributed by atoms with Crippen molar-refractivity contribution in [1.29, 1.82) is 0 Å². The fraction of sp³-hybridized carbons (Fsp3) is 0.467. The zero-order chi connectivity index (χ0) is 17.0. The van der Waals surface area contributed by atoms with Crippen LogP contribution in [-0.4, -0.2) is 25.0 Å². The van der Waals surface area contributed by atoms with Gasteiger partial charge in [0.2, 0.25) is 5.91 Å². The van der Waals surface area contributed by atoms with Crippen molar-refractivity contribution in [2.45, 2.75) is 40.4 Å². The van der Waals surface area contributed by atoms with E-state index in [-0.39, 0.29) is 12.5 Å². The van der Waals surface area contributed by atoms with Crippen LogP contribution in [0.2, 0.25) is 0 Å². The Morgan fingerprint density at radius 2 is 2.09 bits per heavy atom. The molecule has 124 valence electrons. The Labute approximate surface area is 133 Å². The van der Waals surface area contributed by atoms with Gasteiger partial charge in [-0.25, -0.2) is 9.78 Å². The van der Waals surface area contributed by atoms with Gasteiger partial charge in [0.05, 0.1) is 18.6 Å². The lowest BCUT2D eigenvalue weighted by molar-refractivity contribution is -0.121. The van der Waals surface area contributed by atoms with Gasteiger partial charge in [-0.15, -0.1) is 0 Å². The summed E-state index contributed by atoms with van der Waals surface area (Å²) in [5.74, 6) is 0.164. The molecule has 1 amide bonds. The lowest BCUT2D eigenvalue weighted by atomic mass is 10.2. The average Bonchev–Trinajstić information content (AvgIpc) is 2.89. The molecule has 0 atom stereocenters. The number of nitrogens with zero attached hydrogens (tertiary/aromatic N) is 3. The fourth-order valence-corrected chi connectivity index (χ4v) is 2.19. The molecule has 8 nitrogen and oxygen atoms in total. The van der Waals surface area contributed by atoms with Crippen LogP contribution in [0.15, 0.2) is 28.3 Å². The molecule has 0 aromatic carbocycles. The van der Waals surface area contributed by atoms with Gasteiger partial charge in [0.25, 0.3) is 5.56 Å². The monoisotopic (exact) mass is 319 g/mol. The van der Waals surface area contributed by atoms with Crippen LogP contribution in [0, 0.1) is 12.8 Å². The van der Waals surface area contributed by atoms with Gasteiger partial charge in [0.15, 0.2) is 0 Å². The Morgan fingerprint density at radius 3 is 2.78 bits per heavy atom. The van der Waals surface area contributed by atoms with E-state index in [1.807, 2.05) is 4.57 Å². The maximum atomic E-state index is 12.0. The number of carbonyl (C=O) groups excluding carboxylic acids is 1. The molecule has 8 heteroatoms. The number of H-pyrrole nitrogens is 1. The van der Waals surface area contributed by atoms with Crippen LogP contribution in [-0.2, 0) is 24.4 Å². The van der Waals surface area contributed by atoms with E-state index in [1.165, 1.54) is 10.8 Å². The first kappa shape index (κ1) is 16.7. The minimum Gasteiger partial charge on any atom is -0.349 e. The number of amides is 1. The highest BCUT2D eigenvalue weighted by atomic mass is 16.2. The third-order valence-corrected chi connectivity index (χ3v) is 3.33. The number of imidazole rings is 1. The summed E-state index contributed by atoms with van der Waals surface area (Å²) >= 11 is 0. The lowest BCUT2D eigenvalue weighted by Gasteiger charge is -2.11. The Hall–Kier alpha value is -2.64. The van der Waals surface area contributed by atoms with Crippen molar-refractivity contribution in [1.82, 2.24) is 24.4 Å². The summed E-state index contributed by atoms with van der Waals surface area (Å²) in [6, 6.07) is 0. The van der Waals surface area contributed by atoms with Crippen LogP contribution >= 0.6 is 0 Å². The number of hydrogen-bond donors (Lipinski definition) is 2. The molecule has 0 unspecified atom stereocenters. The van der Waals surface area contributed by atoms with Gasteiger partial charge in [0, 0.05) is 24.5 Å². The van der Waals surface area contributed by atoms with E-state index < -0.39 is 11.2 Å². The van der Waals surface area contributed by atoms with Gasteiger partial charge in [-0.1, -0.05) is 13.8 Å². The van der Waals surface area contributed by atoms with Crippen LogP contribution in [0.3, 0.4) is 0 Å². The molecule has 2 aromatic heterocycles. The zero-order valence-corrected chi connectivity index (χ0v) is 13.5. The molecule has 2 N–H and O–H groups in total. The quantitative estimate of drug-likeness (QED) is 0.783. The summed E-state index contributed by atoms with van der Waals surface area (Å²) in [6.07, 6.45) is 4.82. The summed E-state index contributed by atoms with van der Waals surface area (Å²) in [5.41, 5.74) is 0.245. The molecular weight excluding hydrogens is 298 g/mol. The second-order valence-electron chi connectivity index (χ2n) is 5.91. The number of aryl methyl sites for hydroxylation is 1. The molecule has 0 radical (unpaired) electrons. The predicted molar refractivity (Wildman–Crippen MR) is 85.0 cm³/mol. The average molecular weight is 319 g/mol. The lowest BCUT2D eigenvalue weighted by Crippen LogP contribution is -2.36. The van der Waals surface area contributed by atoms with Crippen molar-refractivity contribution in [2.75, 3.05) is 0 Å². The number of aromatic nitrogens is 4. The predicted octanol–water partition coefficient (Wildman–Crippen LogP) is 0.0139. The summed E-state index contributed by atoms with van der Waals surface area (Å²) in [4.78, 5) is 41.2. The zero-order valence-electron chi connectivity index (χ0n) is 13.5. The molecule has 0 aliphatic heterocycles. The summed E-state index contributed by atoms with van der Waals surface area (Å²) in [7, 11) is 0. The maximum Gasteiger partial charge on any atom is 0.328 e. The number of carbonyl (C=O) groups is 1. The normalized spacial score (nSPS) is 11.0.